The van der Waals surface area contributed by atoms with Crippen LogP contribution in [0.25, 0.3) is 0 Å². The van der Waals surface area contributed by atoms with Crippen molar-refractivity contribution in [3.05, 3.63) is 30.3 Å². The van der Waals surface area contributed by atoms with Gasteiger partial charge in [-0.2, -0.15) is 0 Å². The summed E-state index contributed by atoms with van der Waals surface area (Å²) in [6.45, 7) is 4.18. The molecule has 2 aliphatic rings. The van der Waals surface area contributed by atoms with Gasteiger partial charge in [-0.05, 0) is 38.1 Å². The third-order valence-corrected chi connectivity index (χ3v) is 4.71. The molecule has 0 aromatic heterocycles. The van der Waals surface area contributed by atoms with Crippen LogP contribution in [0.1, 0.15) is 12.8 Å². The molecule has 3 rings (SSSR count). The predicted molar refractivity (Wildman–Crippen MR) is 84.6 cm³/mol. The molecule has 120 valence electrons. The van der Waals surface area contributed by atoms with Crippen LogP contribution >= 0.6 is 0 Å². The van der Waals surface area contributed by atoms with Gasteiger partial charge in [-0.3, -0.25) is 4.79 Å². The number of ether oxygens (including phenoxy) is 1. The lowest BCUT2D eigenvalue weighted by molar-refractivity contribution is -0.150. The highest BCUT2D eigenvalue weighted by Gasteiger charge is 2.40. The number of anilines is 1. The highest BCUT2D eigenvalue weighted by molar-refractivity contribution is 5.92. The number of nitrogens with zero attached hydrogens (tertiary/aromatic N) is 1. The number of nitrogens with one attached hydrogen (secondary N) is 1. The second kappa shape index (κ2) is 6.77. The molecule has 1 aromatic rings. The molecule has 2 aliphatic heterocycles. The van der Waals surface area contributed by atoms with Gasteiger partial charge in [0.2, 0.25) is 5.91 Å². The number of piperidine rings is 1. The molecule has 1 aromatic carbocycles. The van der Waals surface area contributed by atoms with Gasteiger partial charge in [0, 0.05) is 18.2 Å². The molecule has 0 aliphatic carbocycles. The van der Waals surface area contributed by atoms with Crippen LogP contribution in [0.4, 0.5) is 5.69 Å². The van der Waals surface area contributed by atoms with Crippen LogP contribution in [0.5, 0.6) is 0 Å². The number of likely N-dealkylation sites (tertiary alicyclic amines) is 1. The minimum atomic E-state index is -0.0703. The summed E-state index contributed by atoms with van der Waals surface area (Å²) < 4.78 is 5.25. The summed E-state index contributed by atoms with van der Waals surface area (Å²) in [5, 5.41) is 12.5. The number of carbonyl (C=O) groups is 1. The minimum absolute atomic E-state index is 0.0703. The molecule has 5 heteroatoms. The molecule has 2 fully saturated rings. The van der Waals surface area contributed by atoms with Gasteiger partial charge in [0.05, 0.1) is 25.2 Å². The standard InChI is InChI=1S/C17H24N2O3/c20-11-17(12-22-13-17)10-19-8-6-14(7-9-19)16(21)18-15-4-2-1-3-5-15/h1-5,14,20H,6-13H2,(H,18,21). The van der Waals surface area contributed by atoms with E-state index in [0.29, 0.717) is 13.2 Å². The largest absolute Gasteiger partial charge is 0.396 e. The number of hydrogen-bond acceptors (Lipinski definition) is 4. The first-order valence-electron chi connectivity index (χ1n) is 7.98. The van der Waals surface area contributed by atoms with Crippen molar-refractivity contribution in [3.8, 4) is 0 Å². The van der Waals surface area contributed by atoms with Gasteiger partial charge in [-0.25, -0.2) is 0 Å². The Morgan fingerprint density at radius 3 is 2.50 bits per heavy atom. The molecule has 0 spiro atoms. The highest BCUT2D eigenvalue weighted by atomic mass is 16.5. The van der Waals surface area contributed by atoms with Crippen molar-refractivity contribution in [3.63, 3.8) is 0 Å². The van der Waals surface area contributed by atoms with Crippen LogP contribution in [0.2, 0.25) is 0 Å². The van der Waals surface area contributed by atoms with Crippen molar-refractivity contribution < 1.29 is 14.6 Å². The Hall–Kier alpha value is -1.43. The summed E-state index contributed by atoms with van der Waals surface area (Å²) in [5.74, 6) is 0.203. The van der Waals surface area contributed by atoms with Gasteiger partial charge in [-0.1, -0.05) is 18.2 Å². The zero-order valence-electron chi connectivity index (χ0n) is 12.8. The number of hydrogen-bond donors (Lipinski definition) is 2. The minimum Gasteiger partial charge on any atom is -0.396 e. The number of para-hydroxylation sites is 1. The van der Waals surface area contributed by atoms with Gasteiger partial charge in [0.1, 0.15) is 0 Å². The molecule has 2 N–H and O–H groups in total. The lowest BCUT2D eigenvalue weighted by Gasteiger charge is -2.44. The van der Waals surface area contributed by atoms with Gasteiger partial charge in [-0.15, -0.1) is 0 Å². The Bertz CT molecular complexity index is 488. The molecule has 0 bridgehead atoms. The normalized spacial score (nSPS) is 22.0. The van der Waals surface area contributed by atoms with Gasteiger partial charge in [0.15, 0.2) is 0 Å². The summed E-state index contributed by atoms with van der Waals surface area (Å²) in [7, 11) is 0. The van der Waals surface area contributed by atoms with Gasteiger partial charge in [0.25, 0.3) is 0 Å². The lowest BCUT2D eigenvalue weighted by atomic mass is 9.85. The second-order valence-corrected chi connectivity index (χ2v) is 6.56. The number of benzene rings is 1. The van der Waals surface area contributed by atoms with Crippen molar-refractivity contribution in [2.45, 2.75) is 12.8 Å². The topological polar surface area (TPSA) is 61.8 Å². The molecule has 2 heterocycles. The maximum Gasteiger partial charge on any atom is 0.227 e. The smallest absolute Gasteiger partial charge is 0.227 e. The van der Waals surface area contributed by atoms with E-state index < -0.39 is 0 Å². The highest BCUT2D eigenvalue weighted by Crippen LogP contribution is 2.30. The maximum absolute atomic E-state index is 12.3. The molecule has 2 saturated heterocycles. The molecule has 0 saturated carbocycles. The van der Waals surface area contributed by atoms with Crippen molar-refractivity contribution in [1.82, 2.24) is 4.90 Å². The lowest BCUT2D eigenvalue weighted by Crippen LogP contribution is -2.54. The average molecular weight is 304 g/mol. The maximum atomic E-state index is 12.3. The molecule has 0 atom stereocenters. The molecule has 22 heavy (non-hydrogen) atoms. The fourth-order valence-corrected chi connectivity index (χ4v) is 3.22. The van der Waals surface area contributed by atoms with E-state index in [1.165, 1.54) is 0 Å². The Kier molecular flexibility index (Phi) is 4.76. The zero-order valence-corrected chi connectivity index (χ0v) is 12.8. The van der Waals surface area contributed by atoms with Crippen LogP contribution in [-0.2, 0) is 9.53 Å². The number of carbonyl (C=O) groups excluding carboxylic acids is 1. The predicted octanol–water partition coefficient (Wildman–Crippen LogP) is 1.35. The summed E-state index contributed by atoms with van der Waals surface area (Å²) in [5.41, 5.74) is 0.792. The van der Waals surface area contributed by atoms with Crippen LogP contribution in [-0.4, -0.2) is 55.4 Å². The first kappa shape index (κ1) is 15.5. The summed E-state index contributed by atoms with van der Waals surface area (Å²) >= 11 is 0. The van der Waals surface area contributed by atoms with Crippen LogP contribution < -0.4 is 5.32 Å². The van der Waals surface area contributed by atoms with E-state index in [-0.39, 0.29) is 23.8 Å². The van der Waals surface area contributed by atoms with E-state index in [1.54, 1.807) is 0 Å². The van der Waals surface area contributed by atoms with Crippen LogP contribution in [0, 0.1) is 11.3 Å². The average Bonchev–Trinajstić information content (AvgIpc) is 2.52. The van der Waals surface area contributed by atoms with Crippen LogP contribution in [0.3, 0.4) is 0 Å². The number of aliphatic hydroxyl groups is 1. The summed E-state index contributed by atoms with van der Waals surface area (Å²) in [6, 6.07) is 9.61. The van der Waals surface area contributed by atoms with E-state index >= 15 is 0 Å². The molecular formula is C17H24N2O3. The third kappa shape index (κ3) is 3.48. The number of aliphatic hydroxyl groups excluding tert-OH is 1. The summed E-state index contributed by atoms with van der Waals surface area (Å²) in [4.78, 5) is 14.6. The summed E-state index contributed by atoms with van der Waals surface area (Å²) in [6.07, 6.45) is 1.75. The molecule has 0 unspecified atom stereocenters. The van der Waals surface area contributed by atoms with E-state index in [9.17, 15) is 9.90 Å². The monoisotopic (exact) mass is 304 g/mol. The molecule has 5 nitrogen and oxygen atoms in total. The number of rotatable bonds is 5. The van der Waals surface area contributed by atoms with E-state index in [4.69, 9.17) is 4.74 Å². The first-order chi connectivity index (χ1) is 10.7. The Morgan fingerprint density at radius 1 is 1.27 bits per heavy atom. The van der Waals surface area contributed by atoms with Crippen molar-refractivity contribution in [2.75, 3.05) is 44.8 Å². The Balaban J connectivity index is 1.46. The Labute approximate surface area is 131 Å². The first-order valence-corrected chi connectivity index (χ1v) is 7.98. The van der Waals surface area contributed by atoms with E-state index in [0.717, 1.165) is 38.2 Å². The van der Waals surface area contributed by atoms with E-state index in [1.807, 2.05) is 30.3 Å². The fourth-order valence-electron chi connectivity index (χ4n) is 3.22. The fraction of sp³-hybridized carbons (Fsp3) is 0.588. The third-order valence-electron chi connectivity index (χ3n) is 4.71. The van der Waals surface area contributed by atoms with E-state index in [2.05, 4.69) is 10.2 Å². The second-order valence-electron chi connectivity index (χ2n) is 6.56. The molecule has 1 amide bonds. The SMILES string of the molecule is O=C(Nc1ccccc1)C1CCN(CC2(CO)COC2)CC1. The number of amides is 1. The molecule has 0 radical (unpaired) electrons. The van der Waals surface area contributed by atoms with Gasteiger partial charge >= 0.3 is 0 Å². The quantitative estimate of drug-likeness (QED) is 0.862. The van der Waals surface area contributed by atoms with Crippen molar-refractivity contribution in [2.24, 2.45) is 11.3 Å². The molecular weight excluding hydrogens is 280 g/mol. The van der Waals surface area contributed by atoms with Gasteiger partial charge < -0.3 is 20.1 Å². The van der Waals surface area contributed by atoms with Crippen molar-refractivity contribution >= 4 is 11.6 Å². The van der Waals surface area contributed by atoms with Crippen LogP contribution in [0.15, 0.2) is 30.3 Å². The Morgan fingerprint density at radius 2 is 1.95 bits per heavy atom. The van der Waals surface area contributed by atoms with Crippen molar-refractivity contribution in [1.29, 1.82) is 0 Å². The zero-order chi connectivity index (χ0) is 15.4.